The van der Waals surface area contributed by atoms with Gasteiger partial charge in [0.15, 0.2) is 0 Å². The number of nitrogens with one attached hydrogen (secondary N) is 2. The number of carbonyl (C=O) groups is 1. The van der Waals surface area contributed by atoms with Crippen molar-refractivity contribution in [3.05, 3.63) is 52.5 Å². The van der Waals surface area contributed by atoms with Gasteiger partial charge in [-0.15, -0.1) is 0 Å². The number of hydrogen-bond acceptors (Lipinski definition) is 3. The molecule has 2 N–H and O–H groups in total. The molecule has 0 atom stereocenters. The van der Waals surface area contributed by atoms with Gasteiger partial charge in [0, 0.05) is 34.6 Å². The summed E-state index contributed by atoms with van der Waals surface area (Å²) in [4.78, 5) is 14.5. The van der Waals surface area contributed by atoms with E-state index in [2.05, 4.69) is 43.6 Å². The summed E-state index contributed by atoms with van der Waals surface area (Å²) in [5.41, 5.74) is 4.15. The average molecular weight is 388 g/mol. The molecule has 2 aromatic carbocycles. The molecule has 1 saturated heterocycles. The Morgan fingerprint density at radius 2 is 1.75 bits per heavy atom. The Bertz CT molecular complexity index is 709. The van der Waals surface area contributed by atoms with Gasteiger partial charge in [-0.1, -0.05) is 22.0 Å². The molecular formula is C19H22BrN3O. The Hall–Kier alpha value is -2.01. The van der Waals surface area contributed by atoms with Gasteiger partial charge in [-0.25, -0.2) is 0 Å². The number of benzene rings is 2. The highest BCUT2D eigenvalue weighted by Crippen LogP contribution is 2.22. The molecule has 0 saturated carbocycles. The van der Waals surface area contributed by atoms with Gasteiger partial charge in [-0.05, 0) is 61.7 Å². The molecule has 0 aliphatic carbocycles. The fourth-order valence-electron chi connectivity index (χ4n) is 2.82. The normalized spacial score (nSPS) is 13.8. The van der Waals surface area contributed by atoms with Crippen molar-refractivity contribution in [3.63, 3.8) is 0 Å². The lowest BCUT2D eigenvalue weighted by molar-refractivity contribution is -0.114. The van der Waals surface area contributed by atoms with Crippen LogP contribution in [0.4, 0.5) is 17.1 Å². The lowest BCUT2D eigenvalue weighted by Crippen LogP contribution is -2.22. The summed E-state index contributed by atoms with van der Waals surface area (Å²) in [5, 5.41) is 6.06. The van der Waals surface area contributed by atoms with E-state index in [0.29, 0.717) is 0 Å². The number of hydrogen-bond donors (Lipinski definition) is 2. The Morgan fingerprint density at radius 3 is 2.42 bits per heavy atom. The topological polar surface area (TPSA) is 44.4 Å². The summed E-state index contributed by atoms with van der Waals surface area (Å²) in [7, 11) is 0. The quantitative estimate of drug-likeness (QED) is 0.798. The zero-order valence-electron chi connectivity index (χ0n) is 13.8. The highest BCUT2D eigenvalue weighted by molar-refractivity contribution is 9.10. The second-order valence-corrected chi connectivity index (χ2v) is 6.96. The van der Waals surface area contributed by atoms with Crippen LogP contribution >= 0.6 is 15.9 Å². The van der Waals surface area contributed by atoms with E-state index >= 15 is 0 Å². The van der Waals surface area contributed by atoms with Crippen molar-refractivity contribution in [1.29, 1.82) is 0 Å². The molecule has 0 radical (unpaired) electrons. The van der Waals surface area contributed by atoms with Crippen molar-refractivity contribution in [2.45, 2.75) is 19.8 Å². The molecule has 1 amide bonds. The predicted molar refractivity (Wildman–Crippen MR) is 104 cm³/mol. The number of nitrogens with zero attached hydrogens (tertiary/aromatic N) is 1. The summed E-state index contributed by atoms with van der Waals surface area (Å²) >= 11 is 3.48. The van der Waals surface area contributed by atoms with E-state index in [0.717, 1.165) is 34.5 Å². The van der Waals surface area contributed by atoms with Crippen molar-refractivity contribution in [3.8, 4) is 0 Å². The fourth-order valence-corrected chi connectivity index (χ4v) is 3.20. The van der Waals surface area contributed by atoms with Crippen LogP contribution in [0.25, 0.3) is 0 Å². The van der Waals surface area contributed by atoms with Crippen molar-refractivity contribution >= 4 is 38.9 Å². The predicted octanol–water partition coefficient (Wildman–Crippen LogP) is 4.41. The third-order valence-electron chi connectivity index (χ3n) is 4.25. The number of aryl methyl sites for hydroxylation is 1. The number of carbonyl (C=O) groups excluding carboxylic acids is 1. The van der Waals surface area contributed by atoms with Crippen molar-refractivity contribution < 1.29 is 4.79 Å². The van der Waals surface area contributed by atoms with Crippen LogP contribution in [0.5, 0.6) is 0 Å². The minimum atomic E-state index is -0.0608. The van der Waals surface area contributed by atoms with Crippen LogP contribution in [0.1, 0.15) is 18.4 Å². The molecule has 4 nitrogen and oxygen atoms in total. The smallest absolute Gasteiger partial charge is 0.243 e. The third-order valence-corrected chi connectivity index (χ3v) is 5.10. The zero-order chi connectivity index (χ0) is 16.9. The number of halogens is 1. The largest absolute Gasteiger partial charge is 0.376 e. The van der Waals surface area contributed by atoms with Gasteiger partial charge in [0.2, 0.25) is 5.91 Å². The van der Waals surface area contributed by atoms with Crippen LogP contribution in [-0.2, 0) is 4.79 Å². The molecule has 0 bridgehead atoms. The molecule has 24 heavy (non-hydrogen) atoms. The van der Waals surface area contributed by atoms with Crippen molar-refractivity contribution in [2.24, 2.45) is 0 Å². The molecule has 126 valence electrons. The van der Waals surface area contributed by atoms with Crippen LogP contribution in [-0.4, -0.2) is 25.5 Å². The van der Waals surface area contributed by atoms with Gasteiger partial charge in [0.05, 0.1) is 6.54 Å². The van der Waals surface area contributed by atoms with Crippen LogP contribution in [0.2, 0.25) is 0 Å². The Balaban J connectivity index is 1.51. The standard InChI is InChI=1S/C19H22BrN3O/c1-14-4-5-16(12-18(14)20)22-19(24)13-21-15-6-8-17(9-7-15)23-10-2-3-11-23/h4-9,12,21H,2-3,10-11,13H2,1H3,(H,22,24). The highest BCUT2D eigenvalue weighted by Gasteiger charge is 2.11. The first-order valence-electron chi connectivity index (χ1n) is 8.27. The van der Waals surface area contributed by atoms with E-state index < -0.39 is 0 Å². The molecule has 0 spiro atoms. The molecule has 0 unspecified atom stereocenters. The highest BCUT2D eigenvalue weighted by atomic mass is 79.9. The van der Waals surface area contributed by atoms with E-state index in [1.807, 2.05) is 37.3 Å². The Labute approximate surface area is 151 Å². The van der Waals surface area contributed by atoms with E-state index in [9.17, 15) is 4.79 Å². The molecule has 1 aliphatic heterocycles. The number of anilines is 3. The Morgan fingerprint density at radius 1 is 1.08 bits per heavy atom. The van der Waals surface area contributed by atoms with Crippen molar-refractivity contribution in [1.82, 2.24) is 0 Å². The summed E-state index contributed by atoms with van der Waals surface area (Å²) < 4.78 is 0.991. The van der Waals surface area contributed by atoms with Gasteiger partial charge in [0.25, 0.3) is 0 Å². The van der Waals surface area contributed by atoms with E-state index in [1.54, 1.807) is 0 Å². The van der Waals surface area contributed by atoms with Gasteiger partial charge >= 0.3 is 0 Å². The van der Waals surface area contributed by atoms with Crippen LogP contribution in [0.3, 0.4) is 0 Å². The first-order valence-corrected chi connectivity index (χ1v) is 9.06. The van der Waals surface area contributed by atoms with Crippen LogP contribution < -0.4 is 15.5 Å². The second-order valence-electron chi connectivity index (χ2n) is 6.11. The van der Waals surface area contributed by atoms with Crippen molar-refractivity contribution in [2.75, 3.05) is 35.2 Å². The molecule has 2 aromatic rings. The minimum absolute atomic E-state index is 0.0608. The monoisotopic (exact) mass is 387 g/mol. The van der Waals surface area contributed by atoms with Gasteiger partial charge in [0.1, 0.15) is 0 Å². The summed E-state index contributed by atoms with van der Waals surface area (Å²) in [5.74, 6) is -0.0608. The first kappa shape index (κ1) is 16.8. The van der Waals surface area contributed by atoms with E-state index in [1.165, 1.54) is 18.5 Å². The number of rotatable bonds is 5. The maximum absolute atomic E-state index is 12.1. The van der Waals surface area contributed by atoms with Crippen LogP contribution in [0.15, 0.2) is 46.9 Å². The molecule has 1 fully saturated rings. The van der Waals surface area contributed by atoms with Gasteiger partial charge in [-0.2, -0.15) is 0 Å². The van der Waals surface area contributed by atoms with Crippen LogP contribution in [0, 0.1) is 6.92 Å². The average Bonchev–Trinajstić information content (AvgIpc) is 3.11. The number of amides is 1. The third kappa shape index (κ3) is 4.29. The fraction of sp³-hybridized carbons (Fsp3) is 0.316. The maximum atomic E-state index is 12.1. The first-order chi connectivity index (χ1) is 11.6. The SMILES string of the molecule is Cc1ccc(NC(=O)CNc2ccc(N3CCCC3)cc2)cc1Br. The van der Waals surface area contributed by atoms with Gasteiger partial charge < -0.3 is 15.5 Å². The lowest BCUT2D eigenvalue weighted by Gasteiger charge is -2.18. The molecule has 1 heterocycles. The molecular weight excluding hydrogens is 366 g/mol. The maximum Gasteiger partial charge on any atom is 0.243 e. The summed E-state index contributed by atoms with van der Waals surface area (Å²) in [6.07, 6.45) is 2.55. The summed E-state index contributed by atoms with van der Waals surface area (Å²) in [6.45, 7) is 4.54. The molecule has 3 rings (SSSR count). The molecule has 0 aromatic heterocycles. The van der Waals surface area contributed by atoms with E-state index in [-0.39, 0.29) is 12.5 Å². The Kier molecular flexibility index (Phi) is 5.41. The second kappa shape index (κ2) is 7.71. The lowest BCUT2D eigenvalue weighted by atomic mass is 10.2. The van der Waals surface area contributed by atoms with Gasteiger partial charge in [-0.3, -0.25) is 4.79 Å². The molecule has 1 aliphatic rings. The minimum Gasteiger partial charge on any atom is -0.376 e. The zero-order valence-corrected chi connectivity index (χ0v) is 15.4. The summed E-state index contributed by atoms with van der Waals surface area (Å²) in [6, 6.07) is 14.1. The molecule has 5 heteroatoms. The van der Waals surface area contributed by atoms with E-state index in [4.69, 9.17) is 0 Å².